The second kappa shape index (κ2) is 9.49. The van der Waals surface area contributed by atoms with E-state index in [9.17, 15) is 9.59 Å². The van der Waals surface area contributed by atoms with Gasteiger partial charge >= 0.3 is 0 Å². The molecule has 1 atom stereocenters. The van der Waals surface area contributed by atoms with Crippen molar-refractivity contribution in [3.05, 3.63) is 82.7 Å². The van der Waals surface area contributed by atoms with Crippen molar-refractivity contribution in [2.45, 2.75) is 19.4 Å². The lowest BCUT2D eigenvalue weighted by Crippen LogP contribution is -2.45. The fourth-order valence-electron chi connectivity index (χ4n) is 3.40. The zero-order chi connectivity index (χ0) is 21.6. The fourth-order valence-corrected chi connectivity index (χ4v) is 4.02. The molecule has 6 nitrogen and oxygen atoms in total. The number of carbonyl (C=O) groups is 2. The molecule has 2 aromatic carbocycles. The maximum atomic E-state index is 13.1. The van der Waals surface area contributed by atoms with Crippen molar-refractivity contribution in [3.8, 4) is 5.75 Å². The number of hydrogen-bond acceptors (Lipinski definition) is 4. The Morgan fingerprint density at radius 1 is 1.06 bits per heavy atom. The van der Waals surface area contributed by atoms with E-state index in [4.69, 9.17) is 4.74 Å². The molecule has 0 saturated heterocycles. The maximum Gasteiger partial charge on any atom is 0.262 e. The highest BCUT2D eigenvalue weighted by Gasteiger charge is 2.24. The number of thiophene rings is 1. The Bertz CT molecular complexity index is 1170. The molecule has 4 rings (SSSR count). The molecule has 158 valence electrons. The SMILES string of the molecule is CCOc1ccc(NC(=O)C(Cc2c[nH]c3ccccc23)NC(=O)c2cccs2)cc1. The summed E-state index contributed by atoms with van der Waals surface area (Å²) in [6.07, 6.45) is 2.25. The van der Waals surface area contributed by atoms with Crippen LogP contribution >= 0.6 is 11.3 Å². The highest BCUT2D eigenvalue weighted by atomic mass is 32.1. The quantitative estimate of drug-likeness (QED) is 0.380. The van der Waals surface area contributed by atoms with Gasteiger partial charge in [-0.2, -0.15) is 0 Å². The van der Waals surface area contributed by atoms with Gasteiger partial charge in [-0.25, -0.2) is 0 Å². The molecular weight excluding hydrogens is 410 g/mol. The standard InChI is InChI=1S/C24H23N3O3S/c1-2-30-18-11-9-17(10-12-18)26-23(28)21(27-24(29)22-8-5-13-31-22)14-16-15-25-20-7-4-3-6-19(16)20/h3-13,15,21,25H,2,14H2,1H3,(H,26,28)(H,27,29). The van der Waals surface area contributed by atoms with E-state index < -0.39 is 6.04 Å². The molecule has 0 aliphatic rings. The average molecular weight is 434 g/mol. The number of anilines is 1. The van der Waals surface area contributed by atoms with Crippen molar-refractivity contribution in [2.75, 3.05) is 11.9 Å². The molecule has 2 heterocycles. The molecule has 0 spiro atoms. The van der Waals surface area contributed by atoms with Crippen LogP contribution in [0.4, 0.5) is 5.69 Å². The first-order valence-corrected chi connectivity index (χ1v) is 10.9. The number of fused-ring (bicyclic) bond motifs is 1. The number of H-pyrrole nitrogens is 1. The lowest BCUT2D eigenvalue weighted by molar-refractivity contribution is -0.118. The summed E-state index contributed by atoms with van der Waals surface area (Å²) in [6.45, 7) is 2.49. The zero-order valence-electron chi connectivity index (χ0n) is 17.1. The number of nitrogens with one attached hydrogen (secondary N) is 3. The zero-order valence-corrected chi connectivity index (χ0v) is 17.9. The Kier molecular flexibility index (Phi) is 6.33. The van der Waals surface area contributed by atoms with Gasteiger partial charge in [-0.1, -0.05) is 24.3 Å². The Morgan fingerprint density at radius 3 is 2.61 bits per heavy atom. The van der Waals surface area contributed by atoms with Crippen LogP contribution in [0.1, 0.15) is 22.2 Å². The molecule has 0 aliphatic carbocycles. The summed E-state index contributed by atoms with van der Waals surface area (Å²) in [5.41, 5.74) is 2.60. The van der Waals surface area contributed by atoms with E-state index in [1.807, 2.05) is 48.8 Å². The molecule has 7 heteroatoms. The van der Waals surface area contributed by atoms with Crippen molar-refractivity contribution in [2.24, 2.45) is 0 Å². The minimum Gasteiger partial charge on any atom is -0.494 e. The number of amides is 2. The maximum absolute atomic E-state index is 13.1. The number of ether oxygens (including phenoxy) is 1. The summed E-state index contributed by atoms with van der Waals surface area (Å²) in [5.74, 6) is 0.197. The Balaban J connectivity index is 1.54. The summed E-state index contributed by atoms with van der Waals surface area (Å²) < 4.78 is 5.45. The number of aromatic nitrogens is 1. The first-order valence-electron chi connectivity index (χ1n) is 10.1. The highest BCUT2D eigenvalue weighted by Crippen LogP contribution is 2.21. The van der Waals surface area contributed by atoms with Gasteiger partial charge in [0, 0.05) is 29.2 Å². The number of hydrogen-bond donors (Lipinski definition) is 3. The summed E-state index contributed by atoms with van der Waals surface area (Å²) in [6, 6.07) is 17.9. The summed E-state index contributed by atoms with van der Waals surface area (Å²) >= 11 is 1.34. The Hall–Kier alpha value is -3.58. The van der Waals surface area contributed by atoms with Crippen molar-refractivity contribution in [3.63, 3.8) is 0 Å². The smallest absolute Gasteiger partial charge is 0.262 e. The van der Waals surface area contributed by atoms with Gasteiger partial charge in [0.1, 0.15) is 11.8 Å². The second-order valence-corrected chi connectivity index (χ2v) is 7.96. The minimum absolute atomic E-state index is 0.262. The summed E-state index contributed by atoms with van der Waals surface area (Å²) in [7, 11) is 0. The van der Waals surface area contributed by atoms with E-state index in [2.05, 4.69) is 15.6 Å². The van der Waals surface area contributed by atoms with Crippen LogP contribution in [-0.2, 0) is 11.2 Å². The van der Waals surface area contributed by atoms with Crippen LogP contribution < -0.4 is 15.4 Å². The fraction of sp³-hybridized carbons (Fsp3) is 0.167. The Labute approximate surface area is 184 Å². The van der Waals surface area contributed by atoms with Gasteiger partial charge in [0.2, 0.25) is 5.91 Å². The van der Waals surface area contributed by atoms with Crippen LogP contribution in [0.3, 0.4) is 0 Å². The predicted octanol–water partition coefficient (Wildman–Crippen LogP) is 4.61. The summed E-state index contributed by atoms with van der Waals surface area (Å²) in [5, 5.41) is 8.67. The van der Waals surface area contributed by atoms with Crippen LogP contribution in [0.25, 0.3) is 10.9 Å². The van der Waals surface area contributed by atoms with E-state index in [0.29, 0.717) is 23.6 Å². The van der Waals surface area contributed by atoms with Crippen LogP contribution in [-0.4, -0.2) is 29.4 Å². The first-order chi connectivity index (χ1) is 15.1. The third-order valence-corrected chi connectivity index (χ3v) is 5.77. The molecular formula is C24H23N3O3S. The van der Waals surface area contributed by atoms with Crippen LogP contribution in [0.2, 0.25) is 0 Å². The molecule has 0 bridgehead atoms. The first kappa shape index (κ1) is 20.7. The van der Waals surface area contributed by atoms with Crippen molar-refractivity contribution in [1.82, 2.24) is 10.3 Å². The number of rotatable bonds is 8. The molecule has 1 unspecified atom stereocenters. The number of aromatic amines is 1. The largest absolute Gasteiger partial charge is 0.494 e. The third-order valence-electron chi connectivity index (χ3n) is 4.90. The van der Waals surface area contributed by atoms with Gasteiger partial charge < -0.3 is 20.4 Å². The van der Waals surface area contributed by atoms with E-state index in [-0.39, 0.29) is 11.8 Å². The molecule has 0 aliphatic heterocycles. The molecule has 3 N–H and O–H groups in total. The molecule has 0 fully saturated rings. The van der Waals surface area contributed by atoms with Crippen LogP contribution in [0.15, 0.2) is 72.2 Å². The van der Waals surface area contributed by atoms with Gasteiger partial charge in [-0.15, -0.1) is 11.3 Å². The number of carbonyl (C=O) groups excluding carboxylic acids is 2. The van der Waals surface area contributed by atoms with Gasteiger partial charge in [0.25, 0.3) is 5.91 Å². The second-order valence-electron chi connectivity index (χ2n) is 7.01. The minimum atomic E-state index is -0.736. The van der Waals surface area contributed by atoms with Crippen molar-refractivity contribution in [1.29, 1.82) is 0 Å². The van der Waals surface area contributed by atoms with Gasteiger partial charge in [0.15, 0.2) is 0 Å². The lowest BCUT2D eigenvalue weighted by atomic mass is 10.0. The number of para-hydroxylation sites is 1. The highest BCUT2D eigenvalue weighted by molar-refractivity contribution is 7.12. The molecule has 0 saturated carbocycles. The van der Waals surface area contributed by atoms with Crippen molar-refractivity contribution < 1.29 is 14.3 Å². The Morgan fingerprint density at radius 2 is 1.87 bits per heavy atom. The normalized spacial score (nSPS) is 11.8. The molecule has 31 heavy (non-hydrogen) atoms. The average Bonchev–Trinajstić information content (AvgIpc) is 3.45. The molecule has 2 aromatic heterocycles. The van der Waals surface area contributed by atoms with Gasteiger partial charge in [-0.3, -0.25) is 9.59 Å². The van der Waals surface area contributed by atoms with Gasteiger partial charge in [-0.05, 0) is 54.3 Å². The molecule has 4 aromatic rings. The third kappa shape index (κ3) is 4.95. The lowest BCUT2D eigenvalue weighted by Gasteiger charge is -2.18. The van der Waals surface area contributed by atoms with E-state index in [1.165, 1.54) is 11.3 Å². The summed E-state index contributed by atoms with van der Waals surface area (Å²) in [4.78, 5) is 29.6. The van der Waals surface area contributed by atoms with Crippen molar-refractivity contribution >= 4 is 39.7 Å². The molecule has 0 radical (unpaired) electrons. The van der Waals surface area contributed by atoms with E-state index >= 15 is 0 Å². The van der Waals surface area contributed by atoms with E-state index in [0.717, 1.165) is 22.2 Å². The monoisotopic (exact) mass is 433 g/mol. The molecule has 2 amide bonds. The van der Waals surface area contributed by atoms with Gasteiger partial charge in [0.05, 0.1) is 11.5 Å². The number of benzene rings is 2. The predicted molar refractivity (Wildman–Crippen MR) is 124 cm³/mol. The topological polar surface area (TPSA) is 83.2 Å². The van der Waals surface area contributed by atoms with Crippen LogP contribution in [0.5, 0.6) is 5.75 Å². The van der Waals surface area contributed by atoms with Crippen LogP contribution in [0, 0.1) is 0 Å². The van der Waals surface area contributed by atoms with E-state index in [1.54, 1.807) is 30.3 Å².